The van der Waals surface area contributed by atoms with Gasteiger partial charge in [0.25, 0.3) is 0 Å². The van der Waals surface area contributed by atoms with E-state index in [-0.39, 0.29) is 5.19 Å². The van der Waals surface area contributed by atoms with Crippen LogP contribution in [0.25, 0.3) is 0 Å². The zero-order valence-electron chi connectivity index (χ0n) is 9.39. The van der Waals surface area contributed by atoms with E-state index >= 15 is 0 Å². The minimum absolute atomic E-state index is 0.238. The molecule has 0 saturated carbocycles. The molecule has 15 heavy (non-hydrogen) atoms. The van der Waals surface area contributed by atoms with Crippen LogP contribution in [0.2, 0.25) is 6.55 Å². The van der Waals surface area contributed by atoms with Crippen molar-refractivity contribution in [3.05, 3.63) is 29.8 Å². The lowest BCUT2D eigenvalue weighted by molar-refractivity contribution is 0.642. The summed E-state index contributed by atoms with van der Waals surface area (Å²) < 4.78 is 26.1. The standard InChI is InChI=1S/C12H18F2Si/c1-3-4-5-6-11-7-9-12(10-8-11)15(2,13)14/h7-10H,3-6H2,1-2H3. The van der Waals surface area contributed by atoms with Crippen LogP contribution in [-0.2, 0) is 6.42 Å². The fraction of sp³-hybridized carbons (Fsp3) is 0.500. The Morgan fingerprint density at radius 2 is 1.67 bits per heavy atom. The van der Waals surface area contributed by atoms with Gasteiger partial charge in [0.05, 0.1) is 0 Å². The third kappa shape index (κ3) is 4.12. The first-order valence-corrected chi connectivity index (χ1v) is 7.77. The summed E-state index contributed by atoms with van der Waals surface area (Å²) in [6.45, 7) is 3.23. The van der Waals surface area contributed by atoms with Gasteiger partial charge in [0.15, 0.2) is 0 Å². The molecule has 0 aliphatic rings. The number of hydrogen-bond donors (Lipinski definition) is 0. The summed E-state index contributed by atoms with van der Waals surface area (Å²) in [7, 11) is -4.09. The van der Waals surface area contributed by atoms with Gasteiger partial charge in [0.2, 0.25) is 0 Å². The van der Waals surface area contributed by atoms with Gasteiger partial charge < -0.3 is 0 Å². The fourth-order valence-corrected chi connectivity index (χ4v) is 2.30. The highest BCUT2D eigenvalue weighted by atomic mass is 28.4. The zero-order valence-corrected chi connectivity index (χ0v) is 10.4. The van der Waals surface area contributed by atoms with Gasteiger partial charge in [0.1, 0.15) is 0 Å². The monoisotopic (exact) mass is 228 g/mol. The molecule has 0 heterocycles. The smallest absolute Gasteiger partial charge is 0.265 e. The summed E-state index contributed by atoms with van der Waals surface area (Å²) in [6, 6.07) is 6.87. The SMILES string of the molecule is CCCCCc1ccc([Si](C)(F)F)cc1. The fourth-order valence-electron chi connectivity index (χ4n) is 1.54. The number of hydrogen-bond acceptors (Lipinski definition) is 0. The van der Waals surface area contributed by atoms with Crippen molar-refractivity contribution in [3.8, 4) is 0 Å². The van der Waals surface area contributed by atoms with Crippen LogP contribution < -0.4 is 5.19 Å². The normalized spacial score (nSPS) is 11.7. The second-order valence-corrected chi connectivity index (χ2v) is 6.40. The van der Waals surface area contributed by atoms with Crippen molar-refractivity contribution >= 4 is 13.9 Å². The van der Waals surface area contributed by atoms with Crippen LogP contribution in [0.4, 0.5) is 8.22 Å². The van der Waals surface area contributed by atoms with E-state index in [1.165, 1.54) is 18.4 Å². The predicted molar refractivity (Wildman–Crippen MR) is 63.1 cm³/mol. The topological polar surface area (TPSA) is 0 Å². The first-order valence-electron chi connectivity index (χ1n) is 5.51. The van der Waals surface area contributed by atoms with E-state index in [4.69, 9.17) is 0 Å². The van der Waals surface area contributed by atoms with E-state index < -0.39 is 8.74 Å². The van der Waals surface area contributed by atoms with Gasteiger partial charge in [-0.25, -0.2) is 0 Å². The molecule has 0 amide bonds. The van der Waals surface area contributed by atoms with Crippen molar-refractivity contribution in [2.24, 2.45) is 0 Å². The molecule has 3 heteroatoms. The summed E-state index contributed by atoms with van der Waals surface area (Å²) in [5.74, 6) is 0. The largest absolute Gasteiger partial charge is 0.452 e. The van der Waals surface area contributed by atoms with E-state index in [0.29, 0.717) is 0 Å². The maximum absolute atomic E-state index is 13.0. The van der Waals surface area contributed by atoms with Crippen LogP contribution >= 0.6 is 0 Å². The molecule has 0 unspecified atom stereocenters. The molecule has 0 bridgehead atoms. The van der Waals surface area contributed by atoms with Gasteiger partial charge in [-0.15, -0.1) is 0 Å². The second kappa shape index (κ2) is 5.40. The number of halogens is 2. The molecule has 0 aromatic heterocycles. The average molecular weight is 228 g/mol. The van der Waals surface area contributed by atoms with Gasteiger partial charge in [-0.1, -0.05) is 44.0 Å². The minimum Gasteiger partial charge on any atom is -0.265 e. The van der Waals surface area contributed by atoms with Gasteiger partial charge in [-0.3, -0.25) is 8.22 Å². The molecule has 0 atom stereocenters. The Labute approximate surface area is 91.7 Å². The van der Waals surface area contributed by atoms with Crippen molar-refractivity contribution in [3.63, 3.8) is 0 Å². The number of unbranched alkanes of at least 4 members (excludes halogenated alkanes) is 2. The molecule has 1 aromatic rings. The van der Waals surface area contributed by atoms with Gasteiger partial charge in [0, 0.05) is 5.19 Å². The molecule has 0 radical (unpaired) electrons. The summed E-state index contributed by atoms with van der Waals surface area (Å²) in [4.78, 5) is 0. The molecule has 1 aromatic carbocycles. The lowest BCUT2D eigenvalue weighted by Gasteiger charge is -2.07. The molecule has 0 N–H and O–H groups in total. The van der Waals surface area contributed by atoms with Crippen molar-refractivity contribution in [1.29, 1.82) is 0 Å². The number of rotatable bonds is 5. The quantitative estimate of drug-likeness (QED) is 0.410. The molecule has 84 valence electrons. The highest BCUT2D eigenvalue weighted by Crippen LogP contribution is 2.10. The Morgan fingerprint density at radius 1 is 1.07 bits per heavy atom. The van der Waals surface area contributed by atoms with E-state index in [0.717, 1.165) is 19.4 Å². The molecule has 0 aliphatic carbocycles. The van der Waals surface area contributed by atoms with Crippen LogP contribution in [0.3, 0.4) is 0 Å². The molecule has 1 rings (SSSR count). The highest BCUT2D eigenvalue weighted by Gasteiger charge is 2.30. The van der Waals surface area contributed by atoms with E-state index in [1.54, 1.807) is 12.1 Å². The second-order valence-electron chi connectivity index (χ2n) is 4.04. The molecule has 0 aliphatic heterocycles. The lowest BCUT2D eigenvalue weighted by Crippen LogP contribution is -2.34. The van der Waals surface area contributed by atoms with Crippen molar-refractivity contribution < 1.29 is 8.22 Å². The van der Waals surface area contributed by atoms with Crippen LogP contribution in [0.1, 0.15) is 31.7 Å². The zero-order chi connectivity index (χ0) is 11.3. The van der Waals surface area contributed by atoms with E-state index in [2.05, 4.69) is 6.92 Å². The Hall–Kier alpha value is -0.703. The molecular weight excluding hydrogens is 210 g/mol. The molecule has 0 fully saturated rings. The maximum Gasteiger partial charge on any atom is 0.452 e. The Morgan fingerprint density at radius 3 is 2.13 bits per heavy atom. The van der Waals surface area contributed by atoms with Crippen molar-refractivity contribution in [2.75, 3.05) is 0 Å². The summed E-state index contributed by atoms with van der Waals surface area (Å²) in [5.41, 5.74) is 1.17. The maximum atomic E-state index is 13.0. The first kappa shape index (κ1) is 12.4. The summed E-state index contributed by atoms with van der Waals surface area (Å²) in [6.07, 6.45) is 4.55. The third-order valence-corrected chi connectivity index (χ3v) is 3.88. The van der Waals surface area contributed by atoms with Crippen molar-refractivity contribution in [1.82, 2.24) is 0 Å². The first-order chi connectivity index (χ1) is 7.04. The van der Waals surface area contributed by atoms with E-state index in [1.807, 2.05) is 12.1 Å². The lowest BCUT2D eigenvalue weighted by atomic mass is 10.1. The third-order valence-electron chi connectivity index (χ3n) is 2.53. The molecule has 0 saturated heterocycles. The number of aryl methyl sites for hydroxylation is 1. The molecule has 0 nitrogen and oxygen atoms in total. The van der Waals surface area contributed by atoms with E-state index in [9.17, 15) is 8.22 Å². The summed E-state index contributed by atoms with van der Waals surface area (Å²) in [5, 5.41) is 0.238. The molecular formula is C12H18F2Si. The van der Waals surface area contributed by atoms with Crippen LogP contribution in [0.5, 0.6) is 0 Å². The van der Waals surface area contributed by atoms with Crippen LogP contribution in [0, 0.1) is 0 Å². The minimum atomic E-state index is -4.09. The highest BCUT2D eigenvalue weighted by molar-refractivity contribution is 6.78. The number of benzene rings is 1. The predicted octanol–water partition coefficient (Wildman–Crippen LogP) is 3.64. The van der Waals surface area contributed by atoms with Gasteiger partial charge in [-0.05, 0) is 25.0 Å². The Kier molecular flexibility index (Phi) is 4.45. The molecule has 0 spiro atoms. The van der Waals surface area contributed by atoms with Crippen LogP contribution in [0.15, 0.2) is 24.3 Å². The van der Waals surface area contributed by atoms with Crippen LogP contribution in [-0.4, -0.2) is 8.74 Å². The van der Waals surface area contributed by atoms with Gasteiger partial charge >= 0.3 is 8.74 Å². The van der Waals surface area contributed by atoms with Crippen molar-refractivity contribution in [2.45, 2.75) is 39.2 Å². The Bertz CT molecular complexity index is 287. The van der Waals surface area contributed by atoms with Gasteiger partial charge in [-0.2, -0.15) is 0 Å². The summed E-state index contributed by atoms with van der Waals surface area (Å²) >= 11 is 0. The Balaban J connectivity index is 2.57. The average Bonchev–Trinajstić information content (AvgIpc) is 2.18.